The molecule has 0 N–H and O–H groups in total. The lowest BCUT2D eigenvalue weighted by Gasteiger charge is -2.23. The van der Waals surface area contributed by atoms with Gasteiger partial charge in [-0.2, -0.15) is 0 Å². The summed E-state index contributed by atoms with van der Waals surface area (Å²) >= 11 is 0. The summed E-state index contributed by atoms with van der Waals surface area (Å²) in [5.41, 5.74) is 1.43. The summed E-state index contributed by atoms with van der Waals surface area (Å²) in [5.74, 6) is 0. The first-order chi connectivity index (χ1) is 6.74. The molecular weight excluding hydrogens is 170 g/mol. The molecule has 0 saturated heterocycles. The van der Waals surface area contributed by atoms with Gasteiger partial charge in [-0.15, -0.1) is 0 Å². The predicted octanol–water partition coefficient (Wildman–Crippen LogP) is 2.96. The standard InChI is InChI=1S/C13H21N/c1-4-12(2)14(3)11-10-13-8-6-5-7-9-13/h5-9,12H,4,10-11H2,1-3H3. The average molecular weight is 191 g/mol. The van der Waals surface area contributed by atoms with E-state index >= 15 is 0 Å². The molecule has 0 amide bonds. The van der Waals surface area contributed by atoms with Crippen molar-refractivity contribution in [3.63, 3.8) is 0 Å². The van der Waals surface area contributed by atoms with Crippen molar-refractivity contribution in [1.82, 2.24) is 4.90 Å². The zero-order valence-corrected chi connectivity index (χ0v) is 9.53. The third-order valence-corrected chi connectivity index (χ3v) is 2.94. The van der Waals surface area contributed by atoms with Gasteiger partial charge in [-0.3, -0.25) is 0 Å². The van der Waals surface area contributed by atoms with E-state index in [2.05, 4.69) is 56.1 Å². The van der Waals surface area contributed by atoms with Crippen LogP contribution >= 0.6 is 0 Å². The van der Waals surface area contributed by atoms with Gasteiger partial charge in [0.05, 0.1) is 0 Å². The second-order valence-electron chi connectivity index (χ2n) is 3.97. The van der Waals surface area contributed by atoms with Gasteiger partial charge in [0, 0.05) is 12.6 Å². The normalized spacial score (nSPS) is 13.1. The minimum atomic E-state index is 0.693. The van der Waals surface area contributed by atoms with Crippen molar-refractivity contribution in [2.24, 2.45) is 0 Å². The van der Waals surface area contributed by atoms with Crippen molar-refractivity contribution in [2.75, 3.05) is 13.6 Å². The summed E-state index contributed by atoms with van der Waals surface area (Å²) in [5, 5.41) is 0. The Labute approximate surface area is 87.7 Å². The molecule has 1 nitrogen and oxygen atoms in total. The Morgan fingerprint density at radius 2 is 1.86 bits per heavy atom. The third kappa shape index (κ3) is 3.51. The smallest absolute Gasteiger partial charge is 0.00613 e. The van der Waals surface area contributed by atoms with Gasteiger partial charge in [-0.25, -0.2) is 0 Å². The second-order valence-corrected chi connectivity index (χ2v) is 3.97. The molecule has 0 heterocycles. The Hall–Kier alpha value is -0.820. The van der Waals surface area contributed by atoms with Crippen molar-refractivity contribution in [3.05, 3.63) is 35.9 Å². The Kier molecular flexibility index (Phi) is 4.68. The van der Waals surface area contributed by atoms with Gasteiger partial charge in [0.15, 0.2) is 0 Å². The number of benzene rings is 1. The third-order valence-electron chi connectivity index (χ3n) is 2.94. The van der Waals surface area contributed by atoms with Gasteiger partial charge in [0.25, 0.3) is 0 Å². The summed E-state index contributed by atoms with van der Waals surface area (Å²) in [6.07, 6.45) is 2.38. The molecule has 1 aromatic rings. The van der Waals surface area contributed by atoms with Crippen LogP contribution < -0.4 is 0 Å². The molecule has 0 saturated carbocycles. The number of hydrogen-bond acceptors (Lipinski definition) is 1. The monoisotopic (exact) mass is 191 g/mol. The zero-order valence-electron chi connectivity index (χ0n) is 9.53. The number of hydrogen-bond donors (Lipinski definition) is 0. The molecular formula is C13H21N. The Morgan fingerprint density at radius 3 is 2.43 bits per heavy atom. The van der Waals surface area contributed by atoms with Crippen LogP contribution in [-0.4, -0.2) is 24.5 Å². The molecule has 1 heteroatoms. The van der Waals surface area contributed by atoms with Gasteiger partial charge in [0.2, 0.25) is 0 Å². The number of likely N-dealkylation sites (N-methyl/N-ethyl adjacent to an activating group) is 1. The molecule has 1 atom stereocenters. The second kappa shape index (κ2) is 5.82. The van der Waals surface area contributed by atoms with Crippen LogP contribution in [0.2, 0.25) is 0 Å². The van der Waals surface area contributed by atoms with Crippen molar-refractivity contribution >= 4 is 0 Å². The molecule has 14 heavy (non-hydrogen) atoms. The van der Waals surface area contributed by atoms with Crippen molar-refractivity contribution in [3.8, 4) is 0 Å². The summed E-state index contributed by atoms with van der Waals surface area (Å²) in [7, 11) is 2.21. The van der Waals surface area contributed by atoms with E-state index in [1.165, 1.54) is 12.0 Å². The maximum absolute atomic E-state index is 2.42. The van der Waals surface area contributed by atoms with Crippen LogP contribution in [0, 0.1) is 0 Å². The SMILES string of the molecule is CCC(C)N(C)CCc1ccccc1. The first-order valence-electron chi connectivity index (χ1n) is 5.48. The molecule has 0 aliphatic carbocycles. The largest absolute Gasteiger partial charge is 0.303 e. The molecule has 78 valence electrons. The van der Waals surface area contributed by atoms with Gasteiger partial charge in [0.1, 0.15) is 0 Å². The van der Waals surface area contributed by atoms with Gasteiger partial charge >= 0.3 is 0 Å². The van der Waals surface area contributed by atoms with Crippen molar-refractivity contribution in [2.45, 2.75) is 32.7 Å². The van der Waals surface area contributed by atoms with Crippen LogP contribution in [0.4, 0.5) is 0 Å². The first-order valence-corrected chi connectivity index (χ1v) is 5.48. The average Bonchev–Trinajstić information content (AvgIpc) is 2.26. The minimum absolute atomic E-state index is 0.693. The van der Waals surface area contributed by atoms with E-state index in [1.807, 2.05) is 0 Å². The maximum atomic E-state index is 2.42. The van der Waals surface area contributed by atoms with Gasteiger partial charge in [-0.1, -0.05) is 37.3 Å². The predicted molar refractivity (Wildman–Crippen MR) is 62.5 cm³/mol. The topological polar surface area (TPSA) is 3.24 Å². The first kappa shape index (κ1) is 11.3. The van der Waals surface area contributed by atoms with E-state index in [0.717, 1.165) is 13.0 Å². The lowest BCUT2D eigenvalue weighted by atomic mass is 10.1. The fourth-order valence-corrected chi connectivity index (χ4v) is 1.48. The van der Waals surface area contributed by atoms with Crippen molar-refractivity contribution in [1.29, 1.82) is 0 Å². The highest BCUT2D eigenvalue weighted by atomic mass is 15.1. The van der Waals surface area contributed by atoms with E-state index in [9.17, 15) is 0 Å². The molecule has 0 aliphatic heterocycles. The summed E-state index contributed by atoms with van der Waals surface area (Å²) in [6.45, 7) is 5.67. The van der Waals surface area contributed by atoms with Crippen molar-refractivity contribution < 1.29 is 0 Å². The van der Waals surface area contributed by atoms with Crippen LogP contribution in [-0.2, 0) is 6.42 Å². The fourth-order valence-electron chi connectivity index (χ4n) is 1.48. The maximum Gasteiger partial charge on any atom is 0.00613 e. The van der Waals surface area contributed by atoms with Gasteiger partial charge in [-0.05, 0) is 32.4 Å². The quantitative estimate of drug-likeness (QED) is 0.691. The molecule has 0 spiro atoms. The van der Waals surface area contributed by atoms with Crippen LogP contribution in [0.15, 0.2) is 30.3 Å². The molecule has 0 bridgehead atoms. The van der Waals surface area contributed by atoms with E-state index in [1.54, 1.807) is 0 Å². The van der Waals surface area contributed by atoms with E-state index in [-0.39, 0.29) is 0 Å². The lowest BCUT2D eigenvalue weighted by molar-refractivity contribution is 0.255. The highest BCUT2D eigenvalue weighted by molar-refractivity contribution is 5.14. The lowest BCUT2D eigenvalue weighted by Crippen LogP contribution is -2.30. The Morgan fingerprint density at radius 1 is 1.21 bits per heavy atom. The molecule has 1 unspecified atom stereocenters. The highest BCUT2D eigenvalue weighted by Gasteiger charge is 2.05. The molecule has 0 aliphatic rings. The molecule has 0 aromatic heterocycles. The van der Waals surface area contributed by atoms with Crippen LogP contribution in [0.1, 0.15) is 25.8 Å². The van der Waals surface area contributed by atoms with E-state index in [0.29, 0.717) is 6.04 Å². The van der Waals surface area contributed by atoms with Crippen LogP contribution in [0.5, 0.6) is 0 Å². The molecule has 0 radical (unpaired) electrons. The minimum Gasteiger partial charge on any atom is -0.303 e. The Bertz CT molecular complexity index is 243. The summed E-state index contributed by atoms with van der Waals surface area (Å²) < 4.78 is 0. The van der Waals surface area contributed by atoms with Crippen LogP contribution in [0.3, 0.4) is 0 Å². The fraction of sp³-hybridized carbons (Fsp3) is 0.538. The highest BCUT2D eigenvalue weighted by Crippen LogP contribution is 2.04. The number of nitrogens with zero attached hydrogens (tertiary/aromatic N) is 1. The molecule has 1 aromatic carbocycles. The van der Waals surface area contributed by atoms with E-state index < -0.39 is 0 Å². The molecule has 0 fully saturated rings. The van der Waals surface area contributed by atoms with Crippen LogP contribution in [0.25, 0.3) is 0 Å². The molecule has 1 rings (SSSR count). The van der Waals surface area contributed by atoms with Gasteiger partial charge < -0.3 is 4.90 Å². The summed E-state index contributed by atoms with van der Waals surface area (Å²) in [4.78, 5) is 2.42. The number of rotatable bonds is 5. The van der Waals surface area contributed by atoms with E-state index in [4.69, 9.17) is 0 Å². The zero-order chi connectivity index (χ0) is 10.4. The summed E-state index contributed by atoms with van der Waals surface area (Å²) in [6, 6.07) is 11.4. The Balaban J connectivity index is 2.34.